The number of carboxylic acids is 1. The summed E-state index contributed by atoms with van der Waals surface area (Å²) in [6.07, 6.45) is 1.72. The summed E-state index contributed by atoms with van der Waals surface area (Å²) in [7, 11) is 3.37. The maximum absolute atomic E-state index is 12.2. The van der Waals surface area contributed by atoms with E-state index in [-0.39, 0.29) is 18.1 Å². The van der Waals surface area contributed by atoms with E-state index in [4.69, 9.17) is 33.7 Å². The van der Waals surface area contributed by atoms with Gasteiger partial charge in [0.15, 0.2) is 5.11 Å². The number of aromatic carboxylic acids is 1. The third-order valence-electron chi connectivity index (χ3n) is 4.31. The minimum absolute atomic E-state index is 0.172. The molecule has 0 radical (unpaired) electrons. The summed E-state index contributed by atoms with van der Waals surface area (Å²) >= 11 is 11.5. The van der Waals surface area contributed by atoms with Crippen molar-refractivity contribution in [1.82, 2.24) is 9.80 Å². The van der Waals surface area contributed by atoms with Crippen LogP contribution in [0.4, 0.5) is 0 Å². The van der Waals surface area contributed by atoms with Crippen LogP contribution in [0.25, 0.3) is 6.08 Å². The quantitative estimate of drug-likeness (QED) is 0.592. The second-order valence-electron chi connectivity index (χ2n) is 6.22. The monoisotopic (exact) mass is 416 g/mol. The maximum atomic E-state index is 12.2. The second-order valence-corrected chi connectivity index (χ2v) is 6.99. The number of carbonyl (C=O) groups excluding carboxylic acids is 1. The first-order chi connectivity index (χ1) is 13.3. The number of carboxylic acid groups (broad SMARTS) is 1. The number of nitrogens with zero attached hydrogens (tertiary/aromatic N) is 2. The molecule has 0 spiro atoms. The number of ether oxygens (including phenoxy) is 1. The van der Waals surface area contributed by atoms with Gasteiger partial charge in [0.25, 0.3) is 5.91 Å². The number of thiocarbonyl (C=S) groups is 1. The zero-order valence-corrected chi connectivity index (χ0v) is 16.8. The molecule has 0 saturated carbocycles. The fourth-order valence-electron chi connectivity index (χ4n) is 2.68. The topological polar surface area (TPSA) is 70.1 Å². The van der Waals surface area contributed by atoms with Crippen molar-refractivity contribution in [3.8, 4) is 5.75 Å². The standard InChI is InChI=1S/C20H17ClN2O4S/c1-22-16(18(24)23(2)20(22)28)10-13-5-8-17(15(21)9-13)27-11-12-3-6-14(7-4-12)19(25)26/h3-10H,11H2,1-2H3,(H,25,26)/b16-10-. The highest BCUT2D eigenvalue weighted by atomic mass is 35.5. The van der Waals surface area contributed by atoms with Gasteiger partial charge in [-0.3, -0.25) is 9.69 Å². The summed E-state index contributed by atoms with van der Waals surface area (Å²) in [4.78, 5) is 26.2. The first kappa shape index (κ1) is 19.9. The molecule has 8 heteroatoms. The second kappa shape index (κ2) is 8.00. The van der Waals surface area contributed by atoms with Crippen LogP contribution in [0.15, 0.2) is 48.2 Å². The number of hydrogen-bond donors (Lipinski definition) is 1. The average molecular weight is 417 g/mol. The van der Waals surface area contributed by atoms with Crippen LogP contribution in [0, 0.1) is 0 Å². The molecule has 0 aromatic heterocycles. The number of rotatable bonds is 5. The summed E-state index contributed by atoms with van der Waals surface area (Å²) in [6.45, 7) is 0.250. The molecule has 1 amide bonds. The van der Waals surface area contributed by atoms with Crippen LogP contribution in [0.3, 0.4) is 0 Å². The molecule has 2 aromatic rings. The fraction of sp³-hybridized carbons (Fsp3) is 0.150. The maximum Gasteiger partial charge on any atom is 0.335 e. The third kappa shape index (κ3) is 4.00. The molecule has 0 aliphatic carbocycles. The summed E-state index contributed by atoms with van der Waals surface area (Å²) in [5.74, 6) is -0.655. The average Bonchev–Trinajstić information content (AvgIpc) is 2.85. The molecule has 1 saturated heterocycles. The minimum atomic E-state index is -0.974. The molecule has 0 bridgehead atoms. The van der Waals surface area contributed by atoms with Crippen molar-refractivity contribution >= 4 is 46.9 Å². The first-order valence-electron chi connectivity index (χ1n) is 8.30. The number of likely N-dealkylation sites (N-methyl/N-ethyl adjacent to an activating group) is 2. The molecule has 3 rings (SSSR count). The van der Waals surface area contributed by atoms with Crippen LogP contribution in [0.5, 0.6) is 5.75 Å². The lowest BCUT2D eigenvalue weighted by atomic mass is 10.1. The smallest absolute Gasteiger partial charge is 0.335 e. The lowest BCUT2D eigenvalue weighted by Crippen LogP contribution is -2.26. The van der Waals surface area contributed by atoms with E-state index < -0.39 is 5.97 Å². The van der Waals surface area contributed by atoms with Crippen molar-refractivity contribution in [3.63, 3.8) is 0 Å². The summed E-state index contributed by atoms with van der Waals surface area (Å²) in [6, 6.07) is 11.7. The Kier molecular flexibility index (Phi) is 5.67. The molecule has 28 heavy (non-hydrogen) atoms. The summed E-state index contributed by atoms with van der Waals surface area (Å²) in [5, 5.41) is 9.77. The molecule has 1 N–H and O–H groups in total. The Hall–Kier alpha value is -2.90. The first-order valence-corrected chi connectivity index (χ1v) is 9.08. The van der Waals surface area contributed by atoms with E-state index in [9.17, 15) is 9.59 Å². The van der Waals surface area contributed by atoms with Gasteiger partial charge in [0.2, 0.25) is 0 Å². The molecular formula is C20H17ClN2O4S. The SMILES string of the molecule is CN1C(=O)/C(=C/c2ccc(OCc3ccc(C(=O)O)cc3)c(Cl)c2)N(C)C1=S. The van der Waals surface area contributed by atoms with Gasteiger partial charge >= 0.3 is 5.97 Å². The van der Waals surface area contributed by atoms with Crippen molar-refractivity contribution in [3.05, 3.63) is 69.9 Å². The number of hydrogen-bond acceptors (Lipinski definition) is 4. The lowest BCUT2D eigenvalue weighted by Gasteiger charge is -2.11. The van der Waals surface area contributed by atoms with Crippen molar-refractivity contribution in [1.29, 1.82) is 0 Å². The summed E-state index contributed by atoms with van der Waals surface area (Å²) < 4.78 is 5.72. The van der Waals surface area contributed by atoms with E-state index in [0.717, 1.165) is 11.1 Å². The predicted molar refractivity (Wildman–Crippen MR) is 110 cm³/mol. The van der Waals surface area contributed by atoms with Crippen molar-refractivity contribution in [2.45, 2.75) is 6.61 Å². The van der Waals surface area contributed by atoms with E-state index >= 15 is 0 Å². The van der Waals surface area contributed by atoms with E-state index in [1.165, 1.54) is 17.0 Å². The highest BCUT2D eigenvalue weighted by Crippen LogP contribution is 2.28. The molecule has 144 valence electrons. The van der Waals surface area contributed by atoms with Crippen molar-refractivity contribution in [2.24, 2.45) is 0 Å². The number of carbonyl (C=O) groups is 2. The Morgan fingerprint density at radius 2 is 1.86 bits per heavy atom. The zero-order chi connectivity index (χ0) is 20.4. The lowest BCUT2D eigenvalue weighted by molar-refractivity contribution is -0.121. The van der Waals surface area contributed by atoms with Crippen LogP contribution >= 0.6 is 23.8 Å². The predicted octanol–water partition coefficient (Wildman–Crippen LogP) is 3.65. The molecule has 0 unspecified atom stereocenters. The summed E-state index contributed by atoms with van der Waals surface area (Å²) in [5.41, 5.74) is 2.25. The van der Waals surface area contributed by atoms with Gasteiger partial charge in [-0.2, -0.15) is 0 Å². The normalized spacial score (nSPS) is 15.5. The van der Waals surface area contributed by atoms with Gasteiger partial charge in [-0.15, -0.1) is 0 Å². The fourth-order valence-corrected chi connectivity index (χ4v) is 3.10. The zero-order valence-electron chi connectivity index (χ0n) is 15.2. The van der Waals surface area contributed by atoms with Crippen LogP contribution in [-0.4, -0.2) is 46.0 Å². The Labute approximate surface area is 172 Å². The van der Waals surface area contributed by atoms with Gasteiger partial charge in [-0.1, -0.05) is 29.8 Å². The number of amides is 1. The van der Waals surface area contributed by atoms with E-state index in [1.807, 2.05) is 0 Å². The molecule has 2 aromatic carbocycles. The van der Waals surface area contributed by atoms with Gasteiger partial charge in [0.1, 0.15) is 18.1 Å². The molecule has 6 nitrogen and oxygen atoms in total. The van der Waals surface area contributed by atoms with Crippen LogP contribution < -0.4 is 4.74 Å². The van der Waals surface area contributed by atoms with Gasteiger partial charge in [0.05, 0.1) is 10.6 Å². The van der Waals surface area contributed by atoms with Crippen LogP contribution in [0.2, 0.25) is 5.02 Å². The van der Waals surface area contributed by atoms with E-state index in [0.29, 0.717) is 21.6 Å². The molecule has 1 aliphatic rings. The Morgan fingerprint density at radius 3 is 2.39 bits per heavy atom. The molecule has 1 heterocycles. The molecule has 1 aliphatic heterocycles. The van der Waals surface area contributed by atoms with E-state index in [2.05, 4.69) is 0 Å². The van der Waals surface area contributed by atoms with E-state index in [1.54, 1.807) is 55.4 Å². The third-order valence-corrected chi connectivity index (χ3v) is 5.16. The Morgan fingerprint density at radius 1 is 1.18 bits per heavy atom. The van der Waals surface area contributed by atoms with Gasteiger partial charge in [-0.05, 0) is 53.7 Å². The molecule has 1 fully saturated rings. The van der Waals surface area contributed by atoms with Crippen molar-refractivity contribution in [2.75, 3.05) is 14.1 Å². The van der Waals surface area contributed by atoms with Crippen molar-refractivity contribution < 1.29 is 19.4 Å². The highest BCUT2D eigenvalue weighted by molar-refractivity contribution is 7.80. The van der Waals surface area contributed by atoms with Gasteiger partial charge in [-0.25, -0.2) is 4.79 Å². The number of benzene rings is 2. The minimum Gasteiger partial charge on any atom is -0.487 e. The number of halogens is 1. The molecule has 0 atom stereocenters. The van der Waals surface area contributed by atoms with Crippen LogP contribution in [-0.2, 0) is 11.4 Å². The highest BCUT2D eigenvalue weighted by Gasteiger charge is 2.32. The molecular weight excluding hydrogens is 400 g/mol. The Balaban J connectivity index is 1.72. The van der Waals surface area contributed by atoms with Crippen LogP contribution in [0.1, 0.15) is 21.5 Å². The Bertz CT molecular complexity index is 988. The van der Waals surface area contributed by atoms with Gasteiger partial charge in [0, 0.05) is 14.1 Å². The van der Waals surface area contributed by atoms with Gasteiger partial charge < -0.3 is 14.7 Å². The largest absolute Gasteiger partial charge is 0.487 e.